The van der Waals surface area contributed by atoms with Crippen molar-refractivity contribution >= 4 is 11.8 Å². The van der Waals surface area contributed by atoms with Gasteiger partial charge in [-0.05, 0) is 32.1 Å². The fraction of sp³-hybridized carbons (Fsp3) is 0.462. The van der Waals surface area contributed by atoms with Crippen molar-refractivity contribution in [3.05, 3.63) is 65.7 Å². The lowest BCUT2D eigenvalue weighted by atomic mass is 10.0. The Kier molecular flexibility index (Phi) is 8.28. The molecule has 0 radical (unpaired) electrons. The zero-order valence-corrected chi connectivity index (χ0v) is 19.6. The van der Waals surface area contributed by atoms with E-state index in [1.54, 1.807) is 0 Å². The van der Waals surface area contributed by atoms with Crippen LogP contribution in [0.2, 0.25) is 0 Å². The predicted molar refractivity (Wildman–Crippen MR) is 126 cm³/mol. The number of nitrogens with one attached hydrogen (secondary N) is 1. The van der Waals surface area contributed by atoms with Crippen LogP contribution in [0.15, 0.2) is 54.6 Å². The van der Waals surface area contributed by atoms with Gasteiger partial charge in [0, 0.05) is 31.0 Å². The van der Waals surface area contributed by atoms with Gasteiger partial charge in [0.05, 0.1) is 6.04 Å². The van der Waals surface area contributed by atoms with Gasteiger partial charge in [-0.15, -0.1) is 0 Å². The fourth-order valence-corrected chi connectivity index (χ4v) is 3.94. The molecule has 0 saturated heterocycles. The van der Waals surface area contributed by atoms with Crippen LogP contribution in [0.1, 0.15) is 31.4 Å². The Morgan fingerprint density at radius 2 is 1.81 bits per heavy atom. The van der Waals surface area contributed by atoms with Crippen molar-refractivity contribution in [2.45, 2.75) is 45.3 Å². The molecule has 3 rings (SSSR count). The average Bonchev–Trinajstić information content (AvgIpc) is 2.97. The van der Waals surface area contributed by atoms with E-state index in [1.165, 1.54) is 0 Å². The van der Waals surface area contributed by atoms with Crippen LogP contribution in [0, 0.1) is 5.92 Å². The highest BCUT2D eigenvalue weighted by molar-refractivity contribution is 5.89. The Labute approximate surface area is 191 Å². The molecule has 172 valence electrons. The van der Waals surface area contributed by atoms with Crippen molar-refractivity contribution in [3.8, 4) is 5.75 Å². The van der Waals surface area contributed by atoms with Crippen LogP contribution in [0.3, 0.4) is 0 Å². The zero-order valence-electron chi connectivity index (χ0n) is 19.6. The molecule has 6 nitrogen and oxygen atoms in total. The average molecular weight is 438 g/mol. The molecule has 2 aromatic rings. The number of rotatable bonds is 8. The number of para-hydroxylation sites is 1. The molecule has 32 heavy (non-hydrogen) atoms. The molecule has 2 amide bonds. The predicted octanol–water partition coefficient (Wildman–Crippen LogP) is 3.11. The van der Waals surface area contributed by atoms with E-state index < -0.39 is 6.04 Å². The van der Waals surface area contributed by atoms with Crippen molar-refractivity contribution in [2.24, 2.45) is 5.92 Å². The first-order chi connectivity index (χ1) is 15.4. The van der Waals surface area contributed by atoms with Gasteiger partial charge in [-0.1, -0.05) is 62.4 Å². The van der Waals surface area contributed by atoms with Crippen LogP contribution in [-0.4, -0.2) is 60.9 Å². The maximum atomic E-state index is 13.9. The number of carbonyl (C=O) groups is 2. The summed E-state index contributed by atoms with van der Waals surface area (Å²) in [5.41, 5.74) is 2.00. The molecule has 2 aromatic carbocycles. The molecule has 0 spiro atoms. The summed E-state index contributed by atoms with van der Waals surface area (Å²) in [6.07, 6.45) is 1.18. The number of nitrogens with zero attached hydrogens (tertiary/aromatic N) is 2. The molecule has 1 aliphatic rings. The van der Waals surface area contributed by atoms with Crippen molar-refractivity contribution < 1.29 is 14.3 Å². The largest absolute Gasteiger partial charge is 0.491 e. The molecule has 0 fully saturated rings. The number of likely N-dealkylation sites (N-methyl/N-ethyl adjacent to an activating group) is 1. The van der Waals surface area contributed by atoms with Gasteiger partial charge in [-0.2, -0.15) is 0 Å². The first-order valence-electron chi connectivity index (χ1n) is 11.4. The van der Waals surface area contributed by atoms with Crippen LogP contribution in [0.25, 0.3) is 0 Å². The standard InChI is InChI=1S/C26H35N3O3/c1-5-19(2)25(30)27-23(15-20-11-7-6-8-12-20)26(31)29-16-21-13-9-10-14-24(21)32-18-22(29)17-28(3)4/h6-14,19,22-23H,5,15-18H2,1-4H3,(H,27,30). The highest BCUT2D eigenvalue weighted by Crippen LogP contribution is 2.26. The van der Waals surface area contributed by atoms with E-state index in [4.69, 9.17) is 4.74 Å². The van der Waals surface area contributed by atoms with Crippen molar-refractivity contribution in [2.75, 3.05) is 27.2 Å². The van der Waals surface area contributed by atoms with Crippen LogP contribution < -0.4 is 10.1 Å². The maximum absolute atomic E-state index is 13.9. The molecule has 0 aliphatic carbocycles. The fourth-order valence-electron chi connectivity index (χ4n) is 3.94. The normalized spacial score (nSPS) is 17.7. The van der Waals surface area contributed by atoms with Gasteiger partial charge < -0.3 is 19.9 Å². The van der Waals surface area contributed by atoms with Crippen LogP contribution in [0.4, 0.5) is 0 Å². The highest BCUT2D eigenvalue weighted by Gasteiger charge is 2.34. The third kappa shape index (κ3) is 6.10. The van der Waals surface area contributed by atoms with E-state index in [0.29, 0.717) is 26.1 Å². The van der Waals surface area contributed by atoms with Gasteiger partial charge in [0.2, 0.25) is 11.8 Å². The highest BCUT2D eigenvalue weighted by atomic mass is 16.5. The summed E-state index contributed by atoms with van der Waals surface area (Å²) in [4.78, 5) is 30.7. The zero-order chi connectivity index (χ0) is 23.1. The number of hydrogen-bond donors (Lipinski definition) is 1. The van der Waals surface area contributed by atoms with Gasteiger partial charge >= 0.3 is 0 Å². The number of carbonyl (C=O) groups excluding carboxylic acids is 2. The Bertz CT molecular complexity index is 900. The number of amides is 2. The Morgan fingerprint density at radius 1 is 1.12 bits per heavy atom. The first-order valence-corrected chi connectivity index (χ1v) is 11.4. The Hall–Kier alpha value is -2.86. The second-order valence-electron chi connectivity index (χ2n) is 8.86. The quantitative estimate of drug-likeness (QED) is 0.689. The van der Waals surface area contributed by atoms with Crippen molar-refractivity contribution in [1.29, 1.82) is 0 Å². The lowest BCUT2D eigenvalue weighted by molar-refractivity contribution is -0.140. The second-order valence-corrected chi connectivity index (χ2v) is 8.86. The van der Waals surface area contributed by atoms with E-state index in [2.05, 4.69) is 10.2 Å². The third-order valence-corrected chi connectivity index (χ3v) is 6.00. The molecular weight excluding hydrogens is 402 g/mol. The summed E-state index contributed by atoms with van der Waals surface area (Å²) in [6, 6.07) is 17.0. The number of benzene rings is 2. The minimum atomic E-state index is -0.631. The van der Waals surface area contributed by atoms with Gasteiger partial charge in [-0.25, -0.2) is 0 Å². The first kappa shape index (κ1) is 23.8. The van der Waals surface area contributed by atoms with E-state index in [-0.39, 0.29) is 23.8 Å². The van der Waals surface area contributed by atoms with Crippen LogP contribution >= 0.6 is 0 Å². The Balaban J connectivity index is 1.91. The number of fused-ring (bicyclic) bond motifs is 1. The minimum Gasteiger partial charge on any atom is -0.491 e. The molecule has 0 saturated carbocycles. The maximum Gasteiger partial charge on any atom is 0.246 e. The third-order valence-electron chi connectivity index (χ3n) is 6.00. The lowest BCUT2D eigenvalue weighted by Gasteiger charge is -2.34. The molecule has 3 atom stereocenters. The Morgan fingerprint density at radius 3 is 2.50 bits per heavy atom. The molecule has 0 aromatic heterocycles. The molecule has 1 heterocycles. The van der Waals surface area contributed by atoms with Crippen LogP contribution in [-0.2, 0) is 22.6 Å². The van der Waals surface area contributed by atoms with Gasteiger partial charge in [0.15, 0.2) is 0 Å². The number of ether oxygens (including phenoxy) is 1. The summed E-state index contributed by atoms with van der Waals surface area (Å²) in [7, 11) is 3.99. The molecular formula is C26H35N3O3. The van der Waals surface area contributed by atoms with E-state index in [9.17, 15) is 9.59 Å². The SMILES string of the molecule is CCC(C)C(=O)NC(Cc1ccccc1)C(=O)N1Cc2ccccc2OCC1CN(C)C. The number of hydrogen-bond acceptors (Lipinski definition) is 4. The van der Waals surface area contributed by atoms with Gasteiger partial charge in [0.1, 0.15) is 18.4 Å². The monoisotopic (exact) mass is 437 g/mol. The smallest absolute Gasteiger partial charge is 0.246 e. The summed E-state index contributed by atoms with van der Waals surface area (Å²) >= 11 is 0. The topological polar surface area (TPSA) is 61.9 Å². The summed E-state index contributed by atoms with van der Waals surface area (Å²) in [5, 5.41) is 3.05. The summed E-state index contributed by atoms with van der Waals surface area (Å²) < 4.78 is 6.07. The molecule has 0 bridgehead atoms. The van der Waals surface area contributed by atoms with E-state index >= 15 is 0 Å². The van der Waals surface area contributed by atoms with E-state index in [0.717, 1.165) is 23.3 Å². The molecule has 6 heteroatoms. The second kappa shape index (κ2) is 11.1. The lowest BCUT2D eigenvalue weighted by Crippen LogP contribution is -2.55. The van der Waals surface area contributed by atoms with Crippen LogP contribution in [0.5, 0.6) is 5.75 Å². The molecule has 1 N–H and O–H groups in total. The van der Waals surface area contributed by atoms with E-state index in [1.807, 2.05) is 87.4 Å². The minimum absolute atomic E-state index is 0.0716. The summed E-state index contributed by atoms with van der Waals surface area (Å²) in [6.45, 7) is 5.42. The van der Waals surface area contributed by atoms with Gasteiger partial charge in [-0.3, -0.25) is 9.59 Å². The van der Waals surface area contributed by atoms with Crippen molar-refractivity contribution in [1.82, 2.24) is 15.1 Å². The van der Waals surface area contributed by atoms with Crippen molar-refractivity contribution in [3.63, 3.8) is 0 Å². The van der Waals surface area contributed by atoms with Gasteiger partial charge in [0.25, 0.3) is 0 Å². The molecule has 3 unspecified atom stereocenters. The molecule has 1 aliphatic heterocycles. The summed E-state index contributed by atoms with van der Waals surface area (Å²) in [5.74, 6) is 0.511.